The first kappa shape index (κ1) is 16.0. The normalized spacial score (nSPS) is 17.1. The van der Waals surface area contributed by atoms with Crippen molar-refractivity contribution in [3.63, 3.8) is 0 Å². The van der Waals surface area contributed by atoms with Crippen molar-refractivity contribution >= 4 is 15.8 Å². The van der Waals surface area contributed by atoms with Gasteiger partial charge in [0.1, 0.15) is 10.7 Å². The van der Waals surface area contributed by atoms with Gasteiger partial charge in [-0.15, -0.1) is 0 Å². The second-order valence-electron chi connectivity index (χ2n) is 4.71. The number of hydrogen-bond donors (Lipinski definition) is 1. The fourth-order valence-corrected chi connectivity index (χ4v) is 3.68. The molecule has 2 heterocycles. The van der Waals surface area contributed by atoms with Crippen LogP contribution in [-0.4, -0.2) is 37.3 Å². The molecule has 1 N–H and O–H groups in total. The number of rotatable bonds is 4. The minimum Gasteiger partial charge on any atom is -0.370 e. The maximum atomic E-state index is 13.0. The largest absolute Gasteiger partial charge is 0.419 e. The average molecular weight is 323 g/mol. The summed E-state index contributed by atoms with van der Waals surface area (Å²) in [6.45, 7) is 2.56. The topological polar surface area (TPSA) is 62.3 Å². The molecule has 0 spiro atoms. The Morgan fingerprint density at radius 1 is 1.33 bits per heavy atom. The van der Waals surface area contributed by atoms with Crippen LogP contribution in [0.1, 0.15) is 25.3 Å². The smallest absolute Gasteiger partial charge is 0.370 e. The number of anilines is 1. The number of sulfonamides is 1. The molecule has 1 aromatic heterocycles. The van der Waals surface area contributed by atoms with Gasteiger partial charge in [-0.1, -0.05) is 0 Å². The Balaban J connectivity index is 2.46. The van der Waals surface area contributed by atoms with E-state index in [-0.39, 0.29) is 12.4 Å². The lowest BCUT2D eigenvalue weighted by Gasteiger charge is -2.18. The van der Waals surface area contributed by atoms with E-state index in [0.717, 1.165) is 6.20 Å². The van der Waals surface area contributed by atoms with Crippen molar-refractivity contribution in [2.24, 2.45) is 0 Å². The molecule has 0 saturated carbocycles. The van der Waals surface area contributed by atoms with E-state index in [2.05, 4.69) is 10.3 Å². The predicted octanol–water partition coefficient (Wildman–Crippen LogP) is 2.32. The van der Waals surface area contributed by atoms with Crippen LogP contribution in [0.15, 0.2) is 17.2 Å². The molecule has 0 amide bonds. The van der Waals surface area contributed by atoms with Crippen LogP contribution in [0, 0.1) is 0 Å². The second-order valence-corrected chi connectivity index (χ2v) is 6.64. The van der Waals surface area contributed by atoms with Crippen molar-refractivity contribution in [2.75, 3.05) is 25.0 Å². The van der Waals surface area contributed by atoms with Gasteiger partial charge in [-0.2, -0.15) is 17.5 Å². The first-order chi connectivity index (χ1) is 9.76. The minimum absolute atomic E-state index is 0.258. The molecule has 118 valence electrons. The van der Waals surface area contributed by atoms with E-state index in [1.54, 1.807) is 6.92 Å². The molecule has 1 saturated heterocycles. The van der Waals surface area contributed by atoms with Crippen LogP contribution in [0.2, 0.25) is 0 Å². The van der Waals surface area contributed by atoms with Crippen molar-refractivity contribution in [2.45, 2.75) is 30.8 Å². The summed E-state index contributed by atoms with van der Waals surface area (Å²) in [5.74, 6) is -0.356. The standard InChI is InChI=1S/C12H16F3N3O2S/c1-2-16-11-10(12(13,14)15)7-9(8-17-11)21(19,20)18-5-3-4-6-18/h7-8H,2-6H2,1H3,(H,16,17). The fourth-order valence-electron chi connectivity index (χ4n) is 2.19. The Labute approximate surface area is 121 Å². The molecule has 1 aliphatic heterocycles. The second kappa shape index (κ2) is 5.80. The van der Waals surface area contributed by atoms with Crippen molar-refractivity contribution in [3.8, 4) is 0 Å². The van der Waals surface area contributed by atoms with Crippen LogP contribution >= 0.6 is 0 Å². The summed E-state index contributed by atoms with van der Waals surface area (Å²) in [7, 11) is -3.91. The van der Waals surface area contributed by atoms with Crippen LogP contribution in [-0.2, 0) is 16.2 Å². The third-order valence-electron chi connectivity index (χ3n) is 3.22. The average Bonchev–Trinajstić information content (AvgIpc) is 2.92. The molecule has 9 heteroatoms. The van der Waals surface area contributed by atoms with Gasteiger partial charge in [0.25, 0.3) is 0 Å². The molecule has 0 atom stereocenters. The molecular weight excluding hydrogens is 307 g/mol. The molecule has 1 aromatic rings. The van der Waals surface area contributed by atoms with Gasteiger partial charge in [0, 0.05) is 25.8 Å². The number of nitrogens with one attached hydrogen (secondary N) is 1. The van der Waals surface area contributed by atoms with Crippen molar-refractivity contribution in [1.82, 2.24) is 9.29 Å². The zero-order valence-corrected chi connectivity index (χ0v) is 12.3. The van der Waals surface area contributed by atoms with E-state index in [0.29, 0.717) is 32.0 Å². The SMILES string of the molecule is CCNc1ncc(S(=O)(=O)N2CCCC2)cc1C(F)(F)F. The Hall–Kier alpha value is -1.35. The summed E-state index contributed by atoms with van der Waals surface area (Å²) in [4.78, 5) is 3.22. The zero-order chi connectivity index (χ0) is 15.7. The summed E-state index contributed by atoms with van der Waals surface area (Å²) in [5, 5.41) is 2.49. The zero-order valence-electron chi connectivity index (χ0n) is 11.4. The van der Waals surface area contributed by atoms with Crippen LogP contribution in [0.3, 0.4) is 0 Å². The first-order valence-corrected chi connectivity index (χ1v) is 8.02. The molecule has 21 heavy (non-hydrogen) atoms. The van der Waals surface area contributed by atoms with E-state index < -0.39 is 26.7 Å². The fraction of sp³-hybridized carbons (Fsp3) is 0.583. The molecule has 0 aromatic carbocycles. The lowest BCUT2D eigenvalue weighted by molar-refractivity contribution is -0.137. The summed E-state index contributed by atoms with van der Waals surface area (Å²) in [5.41, 5.74) is -1.07. The van der Waals surface area contributed by atoms with Crippen molar-refractivity contribution in [1.29, 1.82) is 0 Å². The highest BCUT2D eigenvalue weighted by molar-refractivity contribution is 7.89. The number of hydrogen-bond acceptors (Lipinski definition) is 4. The summed E-state index contributed by atoms with van der Waals surface area (Å²) >= 11 is 0. The van der Waals surface area contributed by atoms with E-state index in [1.165, 1.54) is 4.31 Å². The van der Waals surface area contributed by atoms with Gasteiger partial charge in [-0.3, -0.25) is 0 Å². The summed E-state index contributed by atoms with van der Waals surface area (Å²) < 4.78 is 64.8. The maximum Gasteiger partial charge on any atom is 0.419 e. The van der Waals surface area contributed by atoms with Crippen LogP contribution in [0.4, 0.5) is 19.0 Å². The molecule has 0 aliphatic carbocycles. The molecular formula is C12H16F3N3O2S. The first-order valence-electron chi connectivity index (χ1n) is 6.58. The van der Waals surface area contributed by atoms with Gasteiger partial charge in [-0.25, -0.2) is 13.4 Å². The minimum atomic E-state index is -4.67. The Morgan fingerprint density at radius 2 is 1.95 bits per heavy atom. The van der Waals surface area contributed by atoms with Gasteiger partial charge in [0.05, 0.1) is 5.56 Å². The van der Waals surface area contributed by atoms with Gasteiger partial charge in [0.2, 0.25) is 10.0 Å². The molecule has 2 rings (SSSR count). The third-order valence-corrected chi connectivity index (χ3v) is 5.08. The highest BCUT2D eigenvalue weighted by atomic mass is 32.2. The lowest BCUT2D eigenvalue weighted by atomic mass is 10.2. The highest BCUT2D eigenvalue weighted by Gasteiger charge is 2.37. The Bertz CT molecular complexity index is 611. The number of halogens is 3. The van der Waals surface area contributed by atoms with Gasteiger partial charge >= 0.3 is 6.18 Å². The molecule has 0 unspecified atom stereocenters. The molecule has 5 nitrogen and oxygen atoms in total. The number of aromatic nitrogens is 1. The van der Waals surface area contributed by atoms with Crippen molar-refractivity contribution in [3.05, 3.63) is 17.8 Å². The molecule has 1 fully saturated rings. The van der Waals surface area contributed by atoms with Gasteiger partial charge in [0.15, 0.2) is 0 Å². The predicted molar refractivity (Wildman–Crippen MR) is 71.4 cm³/mol. The van der Waals surface area contributed by atoms with Crippen LogP contribution in [0.5, 0.6) is 0 Å². The number of nitrogens with zero attached hydrogens (tertiary/aromatic N) is 2. The lowest BCUT2D eigenvalue weighted by Crippen LogP contribution is -2.28. The van der Waals surface area contributed by atoms with E-state index in [1.807, 2.05) is 0 Å². The monoisotopic (exact) mass is 323 g/mol. The maximum absolute atomic E-state index is 13.0. The summed E-state index contributed by atoms with van der Waals surface area (Å²) in [6.07, 6.45) is -2.26. The van der Waals surface area contributed by atoms with Crippen LogP contribution < -0.4 is 5.32 Å². The Kier molecular flexibility index (Phi) is 4.43. The Morgan fingerprint density at radius 3 is 2.48 bits per heavy atom. The molecule has 0 radical (unpaired) electrons. The number of pyridine rings is 1. The van der Waals surface area contributed by atoms with Crippen LogP contribution in [0.25, 0.3) is 0 Å². The van der Waals surface area contributed by atoms with E-state index in [9.17, 15) is 21.6 Å². The number of alkyl halides is 3. The van der Waals surface area contributed by atoms with Crippen molar-refractivity contribution < 1.29 is 21.6 Å². The highest BCUT2D eigenvalue weighted by Crippen LogP contribution is 2.35. The summed E-state index contributed by atoms with van der Waals surface area (Å²) in [6, 6.07) is 0.651. The van der Waals surface area contributed by atoms with E-state index >= 15 is 0 Å². The quantitative estimate of drug-likeness (QED) is 0.924. The van der Waals surface area contributed by atoms with Gasteiger partial charge in [-0.05, 0) is 25.8 Å². The van der Waals surface area contributed by atoms with E-state index in [4.69, 9.17) is 0 Å². The van der Waals surface area contributed by atoms with Gasteiger partial charge < -0.3 is 5.32 Å². The third kappa shape index (κ3) is 3.29. The molecule has 1 aliphatic rings. The molecule has 0 bridgehead atoms.